The maximum atomic E-state index is 12.4. The molecular formula is C17H23NO5. The molecule has 1 saturated heterocycles. The first-order valence-electron chi connectivity index (χ1n) is 7.68. The molecule has 6 nitrogen and oxygen atoms in total. The molecule has 0 unspecified atom stereocenters. The third kappa shape index (κ3) is 4.01. The molecule has 0 aliphatic carbocycles. The zero-order chi connectivity index (χ0) is 17.0. The van der Waals surface area contributed by atoms with E-state index >= 15 is 0 Å². The van der Waals surface area contributed by atoms with Crippen molar-refractivity contribution in [3.8, 4) is 5.75 Å². The number of nitrogens with zero attached hydrogens (tertiary/aromatic N) is 1. The molecule has 23 heavy (non-hydrogen) atoms. The number of hydrogen-bond donors (Lipinski definition) is 1. The van der Waals surface area contributed by atoms with E-state index in [9.17, 15) is 14.7 Å². The molecule has 1 aromatic rings. The van der Waals surface area contributed by atoms with Crippen LogP contribution in [0.1, 0.15) is 37.0 Å². The number of aliphatic carboxylic acids is 1. The number of carboxylic acid groups (broad SMARTS) is 1. The van der Waals surface area contributed by atoms with Crippen LogP contribution in [0.2, 0.25) is 0 Å². The second-order valence-corrected chi connectivity index (χ2v) is 6.18. The minimum Gasteiger partial charge on any atom is -0.490 e. The molecule has 0 radical (unpaired) electrons. The minimum atomic E-state index is -1.27. The molecule has 0 spiro atoms. The zero-order valence-corrected chi connectivity index (χ0v) is 13.7. The van der Waals surface area contributed by atoms with Crippen molar-refractivity contribution in [3.05, 3.63) is 29.8 Å². The van der Waals surface area contributed by atoms with Crippen LogP contribution in [0.3, 0.4) is 0 Å². The molecule has 1 aliphatic heterocycles. The van der Waals surface area contributed by atoms with E-state index in [1.54, 1.807) is 24.3 Å². The fourth-order valence-corrected chi connectivity index (χ4v) is 2.25. The Morgan fingerprint density at radius 2 is 1.78 bits per heavy atom. The van der Waals surface area contributed by atoms with Crippen molar-refractivity contribution in [3.63, 3.8) is 0 Å². The Bertz CT molecular complexity index is 561. The fraction of sp³-hybridized carbons (Fsp3) is 0.529. The predicted molar refractivity (Wildman–Crippen MR) is 84.7 cm³/mol. The van der Waals surface area contributed by atoms with E-state index in [1.807, 2.05) is 0 Å². The Kier molecular flexibility index (Phi) is 5.26. The smallest absolute Gasteiger partial charge is 0.329 e. The van der Waals surface area contributed by atoms with Crippen molar-refractivity contribution in [2.75, 3.05) is 20.3 Å². The van der Waals surface area contributed by atoms with Crippen LogP contribution in [0, 0.1) is 0 Å². The average molecular weight is 321 g/mol. The second kappa shape index (κ2) is 7.00. The van der Waals surface area contributed by atoms with E-state index < -0.39 is 11.5 Å². The largest absolute Gasteiger partial charge is 0.490 e. The number of rotatable bonds is 5. The molecule has 1 amide bonds. The Balaban J connectivity index is 2.03. The summed E-state index contributed by atoms with van der Waals surface area (Å²) in [6.45, 7) is 4.40. The molecule has 0 saturated carbocycles. The summed E-state index contributed by atoms with van der Waals surface area (Å²) in [4.78, 5) is 24.9. The first-order valence-corrected chi connectivity index (χ1v) is 7.68. The molecule has 126 valence electrons. The maximum Gasteiger partial charge on any atom is 0.329 e. The number of likely N-dealkylation sites (N-methyl/N-ethyl adjacent to an activating group) is 1. The highest BCUT2D eigenvalue weighted by Crippen LogP contribution is 2.21. The van der Waals surface area contributed by atoms with E-state index in [4.69, 9.17) is 9.47 Å². The minimum absolute atomic E-state index is 0.138. The summed E-state index contributed by atoms with van der Waals surface area (Å²) < 4.78 is 11.1. The number of carbonyl (C=O) groups is 2. The fourth-order valence-electron chi connectivity index (χ4n) is 2.25. The Labute approximate surface area is 136 Å². The van der Waals surface area contributed by atoms with Gasteiger partial charge in [-0.05, 0) is 38.1 Å². The van der Waals surface area contributed by atoms with Crippen molar-refractivity contribution in [1.82, 2.24) is 4.90 Å². The van der Waals surface area contributed by atoms with Gasteiger partial charge in [-0.3, -0.25) is 4.79 Å². The van der Waals surface area contributed by atoms with Gasteiger partial charge in [0.1, 0.15) is 17.4 Å². The van der Waals surface area contributed by atoms with Crippen LogP contribution in [0.25, 0.3) is 0 Å². The molecule has 0 atom stereocenters. The van der Waals surface area contributed by atoms with Crippen LogP contribution in [0.15, 0.2) is 24.3 Å². The lowest BCUT2D eigenvalue weighted by Gasteiger charge is -2.31. The van der Waals surface area contributed by atoms with Gasteiger partial charge >= 0.3 is 5.97 Å². The highest BCUT2D eigenvalue weighted by molar-refractivity contribution is 5.97. The number of benzene rings is 1. The summed E-state index contributed by atoms with van der Waals surface area (Å²) in [7, 11) is 1.49. The van der Waals surface area contributed by atoms with Crippen molar-refractivity contribution < 1.29 is 24.2 Å². The molecule has 1 aliphatic rings. The van der Waals surface area contributed by atoms with Gasteiger partial charge in [0.2, 0.25) is 0 Å². The standard InChI is InChI=1S/C17H23NO5/c1-17(2,16(20)21)18(3)15(19)12-4-6-13(7-5-12)23-14-8-10-22-11-9-14/h4-7,14H,8-11H2,1-3H3,(H,20,21). The van der Waals surface area contributed by atoms with Crippen molar-refractivity contribution >= 4 is 11.9 Å². The summed E-state index contributed by atoms with van der Waals surface area (Å²) >= 11 is 0. The number of amides is 1. The average Bonchev–Trinajstić information content (AvgIpc) is 2.55. The quantitative estimate of drug-likeness (QED) is 0.899. The monoisotopic (exact) mass is 321 g/mol. The summed E-state index contributed by atoms with van der Waals surface area (Å²) in [5.74, 6) is -0.684. The van der Waals surface area contributed by atoms with Gasteiger partial charge in [0, 0.05) is 25.5 Å². The molecule has 1 heterocycles. The lowest BCUT2D eigenvalue weighted by molar-refractivity contribution is -0.147. The maximum absolute atomic E-state index is 12.4. The summed E-state index contributed by atoms with van der Waals surface area (Å²) in [5.41, 5.74) is -0.838. The van der Waals surface area contributed by atoms with Crippen molar-refractivity contribution in [1.29, 1.82) is 0 Å². The van der Waals surface area contributed by atoms with Crippen LogP contribution in [-0.2, 0) is 9.53 Å². The second-order valence-electron chi connectivity index (χ2n) is 6.18. The van der Waals surface area contributed by atoms with E-state index in [2.05, 4.69) is 0 Å². The van der Waals surface area contributed by atoms with E-state index in [0.29, 0.717) is 24.5 Å². The number of carboxylic acids is 1. The molecular weight excluding hydrogens is 298 g/mol. The molecule has 0 bridgehead atoms. The van der Waals surface area contributed by atoms with Crippen LogP contribution in [0.4, 0.5) is 0 Å². The molecule has 1 fully saturated rings. The Morgan fingerprint density at radius 3 is 2.30 bits per heavy atom. The van der Waals surface area contributed by atoms with E-state index in [1.165, 1.54) is 25.8 Å². The molecule has 1 aromatic carbocycles. The normalized spacial score (nSPS) is 16.0. The number of hydrogen-bond acceptors (Lipinski definition) is 4. The lowest BCUT2D eigenvalue weighted by Crippen LogP contribution is -2.50. The topological polar surface area (TPSA) is 76.1 Å². The molecule has 1 N–H and O–H groups in total. The van der Waals surface area contributed by atoms with Crippen molar-refractivity contribution in [2.45, 2.75) is 38.3 Å². The van der Waals surface area contributed by atoms with Crippen LogP contribution in [-0.4, -0.2) is 53.8 Å². The highest BCUT2D eigenvalue weighted by atomic mass is 16.5. The van der Waals surface area contributed by atoms with Crippen LogP contribution < -0.4 is 4.74 Å². The Hall–Kier alpha value is -2.08. The summed E-state index contributed by atoms with van der Waals surface area (Å²) in [5, 5.41) is 9.21. The number of carbonyl (C=O) groups excluding carboxylic acids is 1. The van der Waals surface area contributed by atoms with Crippen LogP contribution >= 0.6 is 0 Å². The first-order chi connectivity index (χ1) is 10.8. The Morgan fingerprint density at radius 1 is 1.22 bits per heavy atom. The van der Waals surface area contributed by atoms with Gasteiger partial charge in [-0.15, -0.1) is 0 Å². The van der Waals surface area contributed by atoms with E-state index in [-0.39, 0.29) is 12.0 Å². The summed E-state index contributed by atoms with van der Waals surface area (Å²) in [6, 6.07) is 6.80. The van der Waals surface area contributed by atoms with Crippen molar-refractivity contribution in [2.24, 2.45) is 0 Å². The lowest BCUT2D eigenvalue weighted by atomic mass is 10.0. The first kappa shape index (κ1) is 17.3. The molecule has 6 heteroatoms. The predicted octanol–water partition coefficient (Wildman–Crippen LogP) is 2.18. The molecule has 0 aromatic heterocycles. The van der Waals surface area contributed by atoms with Gasteiger partial charge in [0.15, 0.2) is 0 Å². The van der Waals surface area contributed by atoms with Gasteiger partial charge in [-0.2, -0.15) is 0 Å². The zero-order valence-electron chi connectivity index (χ0n) is 13.7. The molecule has 2 rings (SSSR count). The third-order valence-electron chi connectivity index (χ3n) is 4.24. The van der Waals surface area contributed by atoms with Gasteiger partial charge in [0.25, 0.3) is 5.91 Å². The highest BCUT2D eigenvalue weighted by Gasteiger charge is 2.35. The van der Waals surface area contributed by atoms with Gasteiger partial charge in [-0.1, -0.05) is 0 Å². The SMILES string of the molecule is CN(C(=O)c1ccc(OC2CCOCC2)cc1)C(C)(C)C(=O)O. The van der Waals surface area contributed by atoms with Crippen LogP contribution in [0.5, 0.6) is 5.75 Å². The third-order valence-corrected chi connectivity index (χ3v) is 4.24. The summed E-state index contributed by atoms with van der Waals surface area (Å²) in [6.07, 6.45) is 1.85. The van der Waals surface area contributed by atoms with E-state index in [0.717, 1.165) is 12.8 Å². The van der Waals surface area contributed by atoms with Gasteiger partial charge in [0.05, 0.1) is 13.2 Å². The van der Waals surface area contributed by atoms with Gasteiger partial charge in [-0.25, -0.2) is 4.79 Å². The number of ether oxygens (including phenoxy) is 2. The van der Waals surface area contributed by atoms with Gasteiger partial charge < -0.3 is 19.5 Å².